The Hall–Kier alpha value is 0. The summed E-state index contributed by atoms with van der Waals surface area (Å²) in [7, 11) is 0. The average molecular weight is 240 g/mol. The number of hydrogen-bond donors (Lipinski definition) is 0. The Labute approximate surface area is 111 Å². The van der Waals surface area contributed by atoms with Gasteiger partial charge in [-0.2, -0.15) is 0 Å². The van der Waals surface area contributed by atoms with Gasteiger partial charge in [0.05, 0.1) is 0 Å². The smallest absolute Gasteiger partial charge is 0.0349 e. The summed E-state index contributed by atoms with van der Waals surface area (Å²) >= 11 is 0. The van der Waals surface area contributed by atoms with E-state index >= 15 is 0 Å². The molecule has 0 radical (unpaired) electrons. The minimum absolute atomic E-state index is 0.523. The van der Waals surface area contributed by atoms with Gasteiger partial charge in [0, 0.05) is 0 Å². The third kappa shape index (κ3) is 7.84. The van der Waals surface area contributed by atoms with Crippen LogP contribution in [0.15, 0.2) is 0 Å². The summed E-state index contributed by atoms with van der Waals surface area (Å²) in [6.45, 7) is 16.8. The van der Waals surface area contributed by atoms with Crippen LogP contribution in [0.3, 0.4) is 0 Å². The maximum atomic E-state index is 2.46. The van der Waals surface area contributed by atoms with Gasteiger partial charge in [-0.25, -0.2) is 0 Å². The molecule has 0 spiro atoms. The van der Waals surface area contributed by atoms with E-state index in [1.165, 1.54) is 38.5 Å². The molecule has 0 aromatic carbocycles. The zero-order chi connectivity index (χ0) is 13.5. The third-order valence-electron chi connectivity index (χ3n) is 4.46. The van der Waals surface area contributed by atoms with E-state index in [1.54, 1.807) is 0 Å². The molecule has 0 aliphatic rings. The Morgan fingerprint density at radius 3 is 1.94 bits per heavy atom. The van der Waals surface area contributed by atoms with Gasteiger partial charge in [-0.3, -0.25) is 0 Å². The van der Waals surface area contributed by atoms with Crippen LogP contribution >= 0.6 is 0 Å². The highest BCUT2D eigenvalue weighted by Crippen LogP contribution is 2.36. The van der Waals surface area contributed by atoms with Crippen molar-refractivity contribution in [3.63, 3.8) is 0 Å². The molecule has 17 heavy (non-hydrogen) atoms. The van der Waals surface area contributed by atoms with Crippen LogP contribution in [0, 0.1) is 23.2 Å². The van der Waals surface area contributed by atoms with Crippen LogP contribution in [0.2, 0.25) is 0 Å². The van der Waals surface area contributed by atoms with Crippen LogP contribution in [-0.2, 0) is 0 Å². The van der Waals surface area contributed by atoms with Gasteiger partial charge in [-0.1, -0.05) is 74.1 Å². The van der Waals surface area contributed by atoms with Crippen LogP contribution < -0.4 is 0 Å². The van der Waals surface area contributed by atoms with Crippen molar-refractivity contribution in [3.8, 4) is 0 Å². The van der Waals surface area contributed by atoms with Crippen molar-refractivity contribution in [2.24, 2.45) is 23.2 Å². The van der Waals surface area contributed by atoms with Gasteiger partial charge in [-0.05, 0) is 36.0 Å². The molecule has 0 heteroatoms. The highest BCUT2D eigenvalue weighted by molar-refractivity contribution is 4.76. The number of unbranched alkanes of at least 4 members (excludes halogenated alkanes) is 1. The lowest BCUT2D eigenvalue weighted by molar-refractivity contribution is 0.183. The van der Waals surface area contributed by atoms with Gasteiger partial charge in [0.1, 0.15) is 0 Å². The standard InChI is InChI=1S/C17H36/c1-8-10-11-15(4)16(5)13-17(6,7)12-14(3)9-2/h14-16H,8-13H2,1-7H3. The third-order valence-corrected chi connectivity index (χ3v) is 4.46. The molecule has 0 bridgehead atoms. The topological polar surface area (TPSA) is 0 Å². The molecular formula is C17H36. The fourth-order valence-corrected chi connectivity index (χ4v) is 3.05. The first kappa shape index (κ1) is 17.0. The number of rotatable bonds is 9. The lowest BCUT2D eigenvalue weighted by Crippen LogP contribution is -2.22. The number of hydrogen-bond acceptors (Lipinski definition) is 0. The van der Waals surface area contributed by atoms with Crippen LogP contribution in [0.1, 0.15) is 87.0 Å². The lowest BCUT2D eigenvalue weighted by atomic mass is 9.73. The molecule has 0 fully saturated rings. The Bertz CT molecular complexity index is 180. The molecule has 3 atom stereocenters. The molecular weight excluding hydrogens is 204 g/mol. The summed E-state index contributed by atoms with van der Waals surface area (Å²) in [5, 5.41) is 0. The Morgan fingerprint density at radius 2 is 1.47 bits per heavy atom. The largest absolute Gasteiger partial charge is 0.0654 e. The first-order valence-electron chi connectivity index (χ1n) is 7.82. The fraction of sp³-hybridized carbons (Fsp3) is 1.00. The van der Waals surface area contributed by atoms with Gasteiger partial charge in [-0.15, -0.1) is 0 Å². The lowest BCUT2D eigenvalue weighted by Gasteiger charge is -2.33. The van der Waals surface area contributed by atoms with Gasteiger partial charge in [0.2, 0.25) is 0 Å². The van der Waals surface area contributed by atoms with Crippen molar-refractivity contribution in [2.45, 2.75) is 87.0 Å². The van der Waals surface area contributed by atoms with E-state index in [-0.39, 0.29) is 0 Å². The fourth-order valence-electron chi connectivity index (χ4n) is 3.05. The van der Waals surface area contributed by atoms with Gasteiger partial charge < -0.3 is 0 Å². The molecule has 0 aliphatic heterocycles. The van der Waals surface area contributed by atoms with Gasteiger partial charge in [0.15, 0.2) is 0 Å². The molecule has 0 aliphatic carbocycles. The predicted octanol–water partition coefficient (Wildman–Crippen LogP) is 6.30. The van der Waals surface area contributed by atoms with E-state index in [4.69, 9.17) is 0 Å². The Balaban J connectivity index is 4.10. The van der Waals surface area contributed by atoms with Crippen molar-refractivity contribution >= 4 is 0 Å². The van der Waals surface area contributed by atoms with Crippen molar-refractivity contribution in [1.29, 1.82) is 0 Å². The van der Waals surface area contributed by atoms with E-state index < -0.39 is 0 Å². The minimum Gasteiger partial charge on any atom is -0.0654 e. The summed E-state index contributed by atoms with van der Waals surface area (Å²) in [5.41, 5.74) is 0.523. The second kappa shape index (κ2) is 8.16. The molecule has 0 aromatic rings. The first-order valence-corrected chi connectivity index (χ1v) is 7.82. The first-order chi connectivity index (χ1) is 7.82. The van der Waals surface area contributed by atoms with Crippen molar-refractivity contribution in [3.05, 3.63) is 0 Å². The maximum Gasteiger partial charge on any atom is -0.0349 e. The molecule has 0 aromatic heterocycles. The molecule has 0 heterocycles. The monoisotopic (exact) mass is 240 g/mol. The zero-order valence-electron chi connectivity index (χ0n) is 13.5. The molecule has 0 nitrogen and oxygen atoms in total. The molecule has 0 rings (SSSR count). The van der Waals surface area contributed by atoms with Crippen LogP contribution in [0.5, 0.6) is 0 Å². The van der Waals surface area contributed by atoms with Crippen LogP contribution in [-0.4, -0.2) is 0 Å². The quantitative estimate of drug-likeness (QED) is 0.443. The van der Waals surface area contributed by atoms with E-state index in [2.05, 4.69) is 48.5 Å². The SMILES string of the molecule is CCCCC(C)C(C)CC(C)(C)CC(C)CC. The predicted molar refractivity (Wildman–Crippen MR) is 80.3 cm³/mol. The molecule has 0 N–H and O–H groups in total. The molecule has 0 amide bonds. The maximum absolute atomic E-state index is 2.46. The van der Waals surface area contributed by atoms with E-state index in [1.807, 2.05) is 0 Å². The van der Waals surface area contributed by atoms with E-state index in [9.17, 15) is 0 Å². The second-order valence-electron chi connectivity index (χ2n) is 7.18. The van der Waals surface area contributed by atoms with Gasteiger partial charge in [0.25, 0.3) is 0 Å². The minimum atomic E-state index is 0.523. The highest BCUT2D eigenvalue weighted by atomic mass is 14.3. The summed E-state index contributed by atoms with van der Waals surface area (Å²) < 4.78 is 0. The average Bonchev–Trinajstić information content (AvgIpc) is 2.24. The summed E-state index contributed by atoms with van der Waals surface area (Å²) in [5.74, 6) is 2.65. The zero-order valence-corrected chi connectivity index (χ0v) is 13.5. The van der Waals surface area contributed by atoms with Crippen molar-refractivity contribution < 1.29 is 0 Å². The van der Waals surface area contributed by atoms with Crippen molar-refractivity contribution in [2.75, 3.05) is 0 Å². The summed E-state index contributed by atoms with van der Waals surface area (Å²) in [6.07, 6.45) is 8.25. The second-order valence-corrected chi connectivity index (χ2v) is 7.18. The van der Waals surface area contributed by atoms with Crippen LogP contribution in [0.4, 0.5) is 0 Å². The normalized spacial score (nSPS) is 17.8. The molecule has 104 valence electrons. The van der Waals surface area contributed by atoms with Crippen LogP contribution in [0.25, 0.3) is 0 Å². The molecule has 0 saturated heterocycles. The molecule has 0 saturated carbocycles. The summed E-state index contributed by atoms with van der Waals surface area (Å²) in [6, 6.07) is 0. The Morgan fingerprint density at radius 1 is 0.882 bits per heavy atom. The molecule has 3 unspecified atom stereocenters. The summed E-state index contributed by atoms with van der Waals surface area (Å²) in [4.78, 5) is 0. The Kier molecular flexibility index (Phi) is 8.16. The van der Waals surface area contributed by atoms with E-state index in [0.717, 1.165) is 17.8 Å². The van der Waals surface area contributed by atoms with Gasteiger partial charge >= 0.3 is 0 Å². The van der Waals surface area contributed by atoms with E-state index in [0.29, 0.717) is 5.41 Å². The van der Waals surface area contributed by atoms with Crippen molar-refractivity contribution in [1.82, 2.24) is 0 Å². The highest BCUT2D eigenvalue weighted by Gasteiger charge is 2.25.